The summed E-state index contributed by atoms with van der Waals surface area (Å²) in [7, 11) is 0. The highest BCUT2D eigenvalue weighted by Gasteiger charge is 2.31. The number of rotatable bonds is 7. The van der Waals surface area contributed by atoms with Gasteiger partial charge in [0.05, 0.1) is 12.9 Å². The molecule has 0 radical (unpaired) electrons. The van der Waals surface area contributed by atoms with E-state index in [0.29, 0.717) is 19.1 Å². The fraction of sp³-hybridized carbons (Fsp3) is 0.412. The highest BCUT2D eigenvalue weighted by molar-refractivity contribution is 5.74. The molecule has 6 nitrogen and oxygen atoms in total. The van der Waals surface area contributed by atoms with Crippen LogP contribution in [-0.2, 0) is 13.1 Å². The summed E-state index contributed by atoms with van der Waals surface area (Å²) >= 11 is 0. The molecule has 1 fully saturated rings. The molecule has 2 N–H and O–H groups in total. The first-order chi connectivity index (χ1) is 11.3. The third kappa shape index (κ3) is 4.32. The molecule has 2 aromatic rings. The number of urea groups is 1. The molecule has 122 valence electrons. The zero-order valence-corrected chi connectivity index (χ0v) is 13.1. The molecule has 0 unspecified atom stereocenters. The monoisotopic (exact) mass is 314 g/mol. The third-order valence-electron chi connectivity index (χ3n) is 3.95. The highest BCUT2D eigenvalue weighted by Crippen LogP contribution is 2.26. The Morgan fingerprint density at radius 3 is 2.91 bits per heavy atom. The van der Waals surface area contributed by atoms with E-state index in [4.69, 9.17) is 5.11 Å². The lowest BCUT2D eigenvalue weighted by atomic mass is 10.1. The van der Waals surface area contributed by atoms with Gasteiger partial charge in [-0.15, -0.1) is 0 Å². The maximum Gasteiger partial charge on any atom is 0.317 e. The van der Waals surface area contributed by atoms with Gasteiger partial charge in [0.2, 0.25) is 0 Å². The first-order valence-electron chi connectivity index (χ1n) is 7.95. The Morgan fingerprint density at radius 2 is 2.22 bits per heavy atom. The van der Waals surface area contributed by atoms with Gasteiger partial charge in [0.1, 0.15) is 0 Å². The van der Waals surface area contributed by atoms with Gasteiger partial charge in [-0.1, -0.05) is 24.3 Å². The van der Waals surface area contributed by atoms with Crippen LogP contribution < -0.4 is 5.32 Å². The number of hydrogen-bond donors (Lipinski definition) is 2. The Morgan fingerprint density at radius 1 is 1.39 bits per heavy atom. The number of aliphatic hydroxyl groups is 1. The minimum absolute atomic E-state index is 0.00428. The number of hydrogen-bond acceptors (Lipinski definition) is 3. The molecule has 1 aliphatic carbocycles. The van der Waals surface area contributed by atoms with Crippen molar-refractivity contribution in [2.45, 2.75) is 32.0 Å². The van der Waals surface area contributed by atoms with Gasteiger partial charge in [-0.2, -0.15) is 0 Å². The van der Waals surface area contributed by atoms with Crippen LogP contribution in [0, 0.1) is 0 Å². The van der Waals surface area contributed by atoms with Crippen LogP contribution in [0.3, 0.4) is 0 Å². The van der Waals surface area contributed by atoms with E-state index in [0.717, 1.165) is 24.9 Å². The molecule has 0 bridgehead atoms. The van der Waals surface area contributed by atoms with Crippen molar-refractivity contribution in [3.63, 3.8) is 0 Å². The number of aliphatic hydroxyl groups excluding tert-OH is 1. The van der Waals surface area contributed by atoms with Gasteiger partial charge in [-0.05, 0) is 24.0 Å². The molecular formula is C17H22N4O2. The van der Waals surface area contributed by atoms with Crippen LogP contribution in [0.4, 0.5) is 4.79 Å². The number of nitrogens with one attached hydrogen (secondary N) is 1. The van der Waals surface area contributed by atoms with Crippen molar-refractivity contribution in [1.82, 2.24) is 19.8 Å². The summed E-state index contributed by atoms with van der Waals surface area (Å²) in [5, 5.41) is 12.0. The third-order valence-corrected chi connectivity index (χ3v) is 3.95. The average Bonchev–Trinajstić information content (AvgIpc) is 3.28. The normalized spacial score (nSPS) is 13.8. The number of aromatic nitrogens is 2. The molecular weight excluding hydrogens is 292 g/mol. The van der Waals surface area contributed by atoms with Gasteiger partial charge < -0.3 is 19.9 Å². The van der Waals surface area contributed by atoms with Gasteiger partial charge in [-0.25, -0.2) is 9.78 Å². The lowest BCUT2D eigenvalue weighted by Crippen LogP contribution is -2.42. The van der Waals surface area contributed by atoms with Crippen LogP contribution >= 0.6 is 0 Å². The molecule has 1 saturated carbocycles. The van der Waals surface area contributed by atoms with Crippen LogP contribution in [0.1, 0.15) is 24.0 Å². The number of imidazole rings is 1. The number of benzene rings is 1. The Kier molecular flexibility index (Phi) is 4.92. The topological polar surface area (TPSA) is 70.4 Å². The van der Waals surface area contributed by atoms with E-state index in [2.05, 4.69) is 22.4 Å². The maximum absolute atomic E-state index is 12.2. The van der Waals surface area contributed by atoms with Crippen molar-refractivity contribution in [3.8, 4) is 0 Å². The minimum Gasteiger partial charge on any atom is -0.395 e. The van der Waals surface area contributed by atoms with Crippen LogP contribution in [0.25, 0.3) is 0 Å². The molecule has 23 heavy (non-hydrogen) atoms. The second kappa shape index (κ2) is 7.28. The van der Waals surface area contributed by atoms with Gasteiger partial charge in [-0.3, -0.25) is 0 Å². The Bertz CT molecular complexity index is 638. The molecule has 0 atom stereocenters. The van der Waals surface area contributed by atoms with Crippen molar-refractivity contribution in [1.29, 1.82) is 0 Å². The quantitative estimate of drug-likeness (QED) is 0.815. The van der Waals surface area contributed by atoms with E-state index in [1.54, 1.807) is 17.4 Å². The van der Waals surface area contributed by atoms with Crippen molar-refractivity contribution >= 4 is 6.03 Å². The predicted molar refractivity (Wildman–Crippen MR) is 86.8 cm³/mol. The molecule has 1 aromatic carbocycles. The summed E-state index contributed by atoms with van der Waals surface area (Å²) in [6.45, 7) is 1.66. The number of carbonyl (C=O) groups is 1. The lowest BCUT2D eigenvalue weighted by molar-refractivity contribution is 0.173. The molecule has 6 heteroatoms. The maximum atomic E-state index is 12.2. The lowest BCUT2D eigenvalue weighted by Gasteiger charge is -2.21. The average molecular weight is 314 g/mol. The van der Waals surface area contributed by atoms with E-state index in [-0.39, 0.29) is 12.6 Å². The standard InChI is InChI=1S/C17H22N4O2/c22-9-8-21(16-4-5-16)17(23)19-11-14-2-1-3-15(10-14)12-20-7-6-18-13-20/h1-3,6-7,10,13,16,22H,4-5,8-9,11-12H2,(H,19,23). The van der Waals surface area contributed by atoms with Crippen molar-refractivity contribution in [3.05, 3.63) is 54.1 Å². The van der Waals surface area contributed by atoms with E-state index in [1.165, 1.54) is 5.56 Å². The molecule has 0 spiro atoms. The summed E-state index contributed by atoms with van der Waals surface area (Å²) in [5.41, 5.74) is 2.24. The summed E-state index contributed by atoms with van der Waals surface area (Å²) in [6.07, 6.45) is 7.55. The van der Waals surface area contributed by atoms with Crippen LogP contribution in [0.5, 0.6) is 0 Å². The van der Waals surface area contributed by atoms with E-state index in [1.807, 2.05) is 22.9 Å². The van der Waals surface area contributed by atoms with E-state index in [9.17, 15) is 4.79 Å². The van der Waals surface area contributed by atoms with Crippen molar-refractivity contribution < 1.29 is 9.90 Å². The molecule has 1 aliphatic rings. The first-order valence-corrected chi connectivity index (χ1v) is 7.95. The fourth-order valence-corrected chi connectivity index (χ4v) is 2.65. The molecule has 3 rings (SSSR count). The zero-order valence-electron chi connectivity index (χ0n) is 13.1. The van der Waals surface area contributed by atoms with Gasteiger partial charge in [0.15, 0.2) is 0 Å². The first kappa shape index (κ1) is 15.6. The largest absolute Gasteiger partial charge is 0.395 e. The molecule has 2 amide bonds. The fourth-order valence-electron chi connectivity index (χ4n) is 2.65. The van der Waals surface area contributed by atoms with E-state index >= 15 is 0 Å². The molecule has 0 aliphatic heterocycles. The molecule has 0 saturated heterocycles. The van der Waals surface area contributed by atoms with Crippen molar-refractivity contribution in [2.24, 2.45) is 0 Å². The number of nitrogens with zero attached hydrogens (tertiary/aromatic N) is 3. The van der Waals surface area contributed by atoms with E-state index < -0.39 is 0 Å². The second-order valence-electron chi connectivity index (χ2n) is 5.86. The Hall–Kier alpha value is -2.34. The van der Waals surface area contributed by atoms with Crippen LogP contribution in [0.15, 0.2) is 43.0 Å². The SMILES string of the molecule is O=C(NCc1cccc(Cn2ccnc2)c1)N(CCO)C1CC1. The summed E-state index contributed by atoms with van der Waals surface area (Å²) in [4.78, 5) is 18.0. The van der Waals surface area contributed by atoms with Gasteiger partial charge >= 0.3 is 6.03 Å². The molecule has 1 heterocycles. The second-order valence-corrected chi connectivity index (χ2v) is 5.86. The Labute approximate surface area is 135 Å². The summed E-state index contributed by atoms with van der Waals surface area (Å²) < 4.78 is 2.01. The zero-order chi connectivity index (χ0) is 16.1. The van der Waals surface area contributed by atoms with Crippen LogP contribution in [-0.4, -0.2) is 44.8 Å². The highest BCUT2D eigenvalue weighted by atomic mass is 16.3. The van der Waals surface area contributed by atoms with Gasteiger partial charge in [0, 0.05) is 38.1 Å². The number of amides is 2. The van der Waals surface area contributed by atoms with Crippen LogP contribution in [0.2, 0.25) is 0 Å². The predicted octanol–water partition coefficient (Wildman–Crippen LogP) is 1.60. The minimum atomic E-state index is -0.0958. The molecule has 1 aromatic heterocycles. The van der Waals surface area contributed by atoms with Crippen molar-refractivity contribution in [2.75, 3.05) is 13.2 Å². The Balaban J connectivity index is 1.56. The number of carbonyl (C=O) groups excluding carboxylic acids is 1. The summed E-state index contributed by atoms with van der Waals surface area (Å²) in [6, 6.07) is 8.36. The smallest absolute Gasteiger partial charge is 0.317 e. The summed E-state index contributed by atoms with van der Waals surface area (Å²) in [5.74, 6) is 0. The van der Waals surface area contributed by atoms with Gasteiger partial charge in [0.25, 0.3) is 0 Å².